The van der Waals surface area contributed by atoms with Gasteiger partial charge in [-0.15, -0.1) is 0 Å². The molecule has 0 bridgehead atoms. The molecule has 0 aliphatic heterocycles. The second kappa shape index (κ2) is 6.40. The summed E-state index contributed by atoms with van der Waals surface area (Å²) in [5.74, 6) is -1.35. The van der Waals surface area contributed by atoms with E-state index in [1.807, 2.05) is 13.8 Å². The van der Waals surface area contributed by atoms with Crippen molar-refractivity contribution in [2.75, 3.05) is 7.05 Å². The average Bonchev–Trinajstić information content (AvgIpc) is 2.22. The minimum Gasteiger partial charge on any atom is -0.480 e. The number of carbonyl (C=O) groups excluding carboxylic acids is 1. The Hall–Kier alpha value is -1.10. The third-order valence-corrected chi connectivity index (χ3v) is 2.60. The van der Waals surface area contributed by atoms with E-state index >= 15 is 0 Å². The molecule has 0 aliphatic carbocycles. The van der Waals surface area contributed by atoms with Crippen molar-refractivity contribution in [2.24, 2.45) is 5.92 Å². The maximum Gasteiger partial charge on any atom is 0.326 e. The highest BCUT2D eigenvalue weighted by Crippen LogP contribution is 2.07. The number of hydrogen-bond donors (Lipinski definition) is 3. The van der Waals surface area contributed by atoms with Crippen molar-refractivity contribution in [1.29, 1.82) is 0 Å². The minimum absolute atomic E-state index is 0.0736. The number of amides is 1. The standard InChI is InChI=1S/C10H20N2O3/c1-5-6(2)8(10(14)15)12-9(13)7(3)11-4/h6-8,11H,5H2,1-4H3,(H,12,13)(H,14,15)/t6-,7?,8-/m0/s1. The summed E-state index contributed by atoms with van der Waals surface area (Å²) in [6.07, 6.45) is 0.713. The van der Waals surface area contributed by atoms with E-state index < -0.39 is 12.0 Å². The molecule has 0 aromatic carbocycles. The first kappa shape index (κ1) is 13.9. The molecule has 1 amide bonds. The van der Waals surface area contributed by atoms with Crippen molar-refractivity contribution < 1.29 is 14.7 Å². The van der Waals surface area contributed by atoms with Crippen LogP contribution in [-0.4, -0.2) is 36.1 Å². The number of nitrogens with one attached hydrogen (secondary N) is 2. The van der Waals surface area contributed by atoms with Crippen molar-refractivity contribution in [3.05, 3.63) is 0 Å². The van der Waals surface area contributed by atoms with Gasteiger partial charge < -0.3 is 15.7 Å². The van der Waals surface area contributed by atoms with Gasteiger partial charge in [0, 0.05) is 0 Å². The summed E-state index contributed by atoms with van der Waals surface area (Å²) < 4.78 is 0. The van der Waals surface area contributed by atoms with Crippen LogP contribution >= 0.6 is 0 Å². The second-order valence-corrected chi connectivity index (χ2v) is 3.72. The zero-order valence-corrected chi connectivity index (χ0v) is 9.70. The van der Waals surface area contributed by atoms with E-state index in [0.717, 1.165) is 0 Å². The van der Waals surface area contributed by atoms with E-state index in [4.69, 9.17) is 5.11 Å². The lowest BCUT2D eigenvalue weighted by atomic mass is 9.99. The summed E-state index contributed by atoms with van der Waals surface area (Å²) >= 11 is 0. The highest BCUT2D eigenvalue weighted by molar-refractivity contribution is 5.86. The molecule has 0 aromatic rings. The Morgan fingerprint density at radius 1 is 1.33 bits per heavy atom. The van der Waals surface area contributed by atoms with E-state index in [1.54, 1.807) is 14.0 Å². The van der Waals surface area contributed by atoms with Gasteiger partial charge in [0.15, 0.2) is 0 Å². The van der Waals surface area contributed by atoms with Gasteiger partial charge >= 0.3 is 5.97 Å². The van der Waals surface area contributed by atoms with Crippen LogP contribution in [0.15, 0.2) is 0 Å². The summed E-state index contributed by atoms with van der Waals surface area (Å²) in [6.45, 7) is 5.39. The van der Waals surface area contributed by atoms with Gasteiger partial charge in [-0.05, 0) is 19.9 Å². The van der Waals surface area contributed by atoms with Gasteiger partial charge in [0.05, 0.1) is 6.04 Å². The SMILES string of the molecule is CC[C@H](C)[C@H](NC(=O)C(C)NC)C(=O)O. The smallest absolute Gasteiger partial charge is 0.326 e. The van der Waals surface area contributed by atoms with Gasteiger partial charge in [0.2, 0.25) is 5.91 Å². The van der Waals surface area contributed by atoms with Gasteiger partial charge in [-0.3, -0.25) is 4.79 Å². The molecule has 5 nitrogen and oxygen atoms in total. The number of likely N-dealkylation sites (N-methyl/N-ethyl adjacent to an activating group) is 1. The van der Waals surface area contributed by atoms with Gasteiger partial charge in [0.25, 0.3) is 0 Å². The fraction of sp³-hybridized carbons (Fsp3) is 0.800. The molecule has 0 heterocycles. The first-order valence-electron chi connectivity index (χ1n) is 5.14. The van der Waals surface area contributed by atoms with Crippen LogP contribution < -0.4 is 10.6 Å². The zero-order valence-electron chi connectivity index (χ0n) is 9.70. The number of carboxylic acids is 1. The highest BCUT2D eigenvalue weighted by atomic mass is 16.4. The molecule has 5 heteroatoms. The molecular formula is C10H20N2O3. The third-order valence-electron chi connectivity index (χ3n) is 2.60. The van der Waals surface area contributed by atoms with Crippen LogP contribution in [0.1, 0.15) is 27.2 Å². The van der Waals surface area contributed by atoms with Crippen LogP contribution in [0.25, 0.3) is 0 Å². The van der Waals surface area contributed by atoms with Crippen molar-refractivity contribution in [1.82, 2.24) is 10.6 Å². The molecule has 0 saturated heterocycles. The zero-order chi connectivity index (χ0) is 12.0. The fourth-order valence-corrected chi connectivity index (χ4v) is 1.09. The average molecular weight is 216 g/mol. The lowest BCUT2D eigenvalue weighted by molar-refractivity contribution is -0.143. The number of carbonyl (C=O) groups is 2. The van der Waals surface area contributed by atoms with Crippen LogP contribution in [0.4, 0.5) is 0 Å². The highest BCUT2D eigenvalue weighted by Gasteiger charge is 2.26. The Kier molecular flexibility index (Phi) is 5.93. The maximum absolute atomic E-state index is 11.5. The van der Waals surface area contributed by atoms with Gasteiger partial charge in [-0.2, -0.15) is 0 Å². The monoisotopic (exact) mass is 216 g/mol. The summed E-state index contributed by atoms with van der Waals surface area (Å²) in [4.78, 5) is 22.4. The van der Waals surface area contributed by atoms with E-state index in [9.17, 15) is 9.59 Å². The molecule has 3 atom stereocenters. The van der Waals surface area contributed by atoms with Crippen LogP contribution in [0, 0.1) is 5.92 Å². The lowest BCUT2D eigenvalue weighted by Crippen LogP contribution is -2.50. The summed E-state index contributed by atoms with van der Waals surface area (Å²) in [6, 6.07) is -1.19. The number of aliphatic carboxylic acids is 1. The molecule has 0 rings (SSSR count). The van der Waals surface area contributed by atoms with Crippen LogP contribution in [0.3, 0.4) is 0 Å². The van der Waals surface area contributed by atoms with E-state index in [1.165, 1.54) is 0 Å². The Balaban J connectivity index is 4.42. The van der Waals surface area contributed by atoms with Gasteiger partial charge in [0.1, 0.15) is 6.04 Å². The molecule has 88 valence electrons. The van der Waals surface area contributed by atoms with Crippen molar-refractivity contribution >= 4 is 11.9 Å². The van der Waals surface area contributed by atoms with Crippen LogP contribution in [0.5, 0.6) is 0 Å². The molecular weight excluding hydrogens is 196 g/mol. The molecule has 15 heavy (non-hydrogen) atoms. The van der Waals surface area contributed by atoms with Gasteiger partial charge in [-0.1, -0.05) is 20.3 Å². The molecule has 0 saturated carbocycles. The maximum atomic E-state index is 11.5. The van der Waals surface area contributed by atoms with E-state index in [2.05, 4.69) is 10.6 Å². The van der Waals surface area contributed by atoms with E-state index in [0.29, 0.717) is 6.42 Å². The van der Waals surface area contributed by atoms with Gasteiger partial charge in [-0.25, -0.2) is 4.79 Å². The third kappa shape index (κ3) is 4.29. The second-order valence-electron chi connectivity index (χ2n) is 3.72. The fourth-order valence-electron chi connectivity index (χ4n) is 1.09. The first-order valence-corrected chi connectivity index (χ1v) is 5.14. The Labute approximate surface area is 90.2 Å². The molecule has 0 aromatic heterocycles. The molecule has 0 radical (unpaired) electrons. The number of carboxylic acid groups (broad SMARTS) is 1. The van der Waals surface area contributed by atoms with Crippen molar-refractivity contribution in [3.8, 4) is 0 Å². The minimum atomic E-state index is -0.985. The van der Waals surface area contributed by atoms with Crippen molar-refractivity contribution in [2.45, 2.75) is 39.3 Å². The Bertz CT molecular complexity index is 231. The Morgan fingerprint density at radius 3 is 2.20 bits per heavy atom. The molecule has 0 aliphatic rings. The predicted octanol–water partition coefficient (Wildman–Crippen LogP) is 0.210. The number of rotatable bonds is 6. The summed E-state index contributed by atoms with van der Waals surface area (Å²) in [5, 5.41) is 14.2. The van der Waals surface area contributed by atoms with Crippen LogP contribution in [-0.2, 0) is 9.59 Å². The quantitative estimate of drug-likeness (QED) is 0.593. The lowest BCUT2D eigenvalue weighted by Gasteiger charge is -2.21. The van der Waals surface area contributed by atoms with Crippen molar-refractivity contribution in [3.63, 3.8) is 0 Å². The molecule has 0 fully saturated rings. The van der Waals surface area contributed by atoms with E-state index in [-0.39, 0.29) is 17.9 Å². The normalized spacial score (nSPS) is 16.5. The topological polar surface area (TPSA) is 78.4 Å². The molecule has 1 unspecified atom stereocenters. The predicted molar refractivity (Wildman–Crippen MR) is 57.5 cm³/mol. The number of hydrogen-bond acceptors (Lipinski definition) is 3. The first-order chi connectivity index (χ1) is 6.93. The molecule has 0 spiro atoms. The largest absolute Gasteiger partial charge is 0.480 e. The van der Waals surface area contributed by atoms with Crippen LogP contribution in [0.2, 0.25) is 0 Å². The summed E-state index contributed by atoms with van der Waals surface area (Å²) in [7, 11) is 1.66. The summed E-state index contributed by atoms with van der Waals surface area (Å²) in [5.41, 5.74) is 0. The molecule has 3 N–H and O–H groups in total. The Morgan fingerprint density at radius 2 is 1.87 bits per heavy atom.